The van der Waals surface area contributed by atoms with E-state index in [0.717, 1.165) is 37.9 Å². The van der Waals surface area contributed by atoms with Crippen LogP contribution in [0.25, 0.3) is 0 Å². The Morgan fingerprint density at radius 1 is 1.27 bits per heavy atom. The maximum Gasteiger partial charge on any atom is 0.186 e. The summed E-state index contributed by atoms with van der Waals surface area (Å²) >= 11 is 0. The molecule has 0 bridgehead atoms. The fraction of sp³-hybridized carbons (Fsp3) is 0.636. The predicted molar refractivity (Wildman–Crippen MR) is 102 cm³/mol. The number of ketones is 1. The number of aryl methyl sites for hydroxylation is 1. The number of fused-ring (bicyclic) bond motifs is 5. The molecule has 0 N–H and O–H groups in total. The van der Waals surface area contributed by atoms with Crippen LogP contribution in [0, 0.1) is 17.3 Å². The second-order valence-corrected chi connectivity index (χ2v) is 8.66. The lowest BCUT2D eigenvalue weighted by Crippen LogP contribution is -2.42. The van der Waals surface area contributed by atoms with E-state index in [1.165, 1.54) is 11.1 Å². The average molecular weight is 355 g/mol. The van der Waals surface area contributed by atoms with Crippen molar-refractivity contribution in [3.05, 3.63) is 29.3 Å². The molecule has 0 aromatic heterocycles. The number of oxime groups is 1. The molecule has 0 aliphatic heterocycles. The first-order valence-corrected chi connectivity index (χ1v) is 9.88. The van der Waals surface area contributed by atoms with Crippen LogP contribution in [0.2, 0.25) is 0 Å². The van der Waals surface area contributed by atoms with Gasteiger partial charge in [0.1, 0.15) is 17.6 Å². The lowest BCUT2D eigenvalue weighted by molar-refractivity contribution is -0.125. The van der Waals surface area contributed by atoms with Gasteiger partial charge in [0.2, 0.25) is 0 Å². The number of hydrogen-bond donors (Lipinski definition) is 0. The van der Waals surface area contributed by atoms with Crippen molar-refractivity contribution in [3.8, 4) is 5.75 Å². The molecule has 1 aromatic carbocycles. The molecule has 4 rings (SSSR count). The highest BCUT2D eigenvalue weighted by Gasteiger charge is 2.57. The van der Waals surface area contributed by atoms with Crippen molar-refractivity contribution in [1.29, 1.82) is 0 Å². The average Bonchev–Trinajstić information content (AvgIpc) is 2.90. The standard InChI is InChI=1S/C22H29NO3/c1-13(2)26-23-20-12-19-18-7-5-14-11-15(25-4)6-8-16(14)17(18)9-10-22(19,3)21(20)24/h6,8,11,13,17-19H,5,7,9-10,12H2,1-4H3/b23-20+/t17-,18-,19+,22+/m1/s1. The van der Waals surface area contributed by atoms with Crippen molar-refractivity contribution in [2.45, 2.75) is 64.9 Å². The molecule has 0 heterocycles. The van der Waals surface area contributed by atoms with Gasteiger partial charge >= 0.3 is 0 Å². The Kier molecular flexibility index (Phi) is 4.32. The molecule has 4 nitrogen and oxygen atoms in total. The summed E-state index contributed by atoms with van der Waals surface area (Å²) in [4.78, 5) is 18.5. The Morgan fingerprint density at radius 3 is 2.81 bits per heavy atom. The zero-order chi connectivity index (χ0) is 18.5. The molecule has 3 aliphatic rings. The van der Waals surface area contributed by atoms with Crippen LogP contribution in [0.3, 0.4) is 0 Å². The molecule has 140 valence electrons. The third-order valence-electron chi connectivity index (χ3n) is 6.89. The Hall–Kier alpha value is -1.84. The van der Waals surface area contributed by atoms with E-state index in [1.807, 2.05) is 13.8 Å². The third kappa shape index (κ3) is 2.65. The number of benzene rings is 1. The second kappa shape index (κ2) is 6.40. The van der Waals surface area contributed by atoms with Crippen LogP contribution in [-0.2, 0) is 16.1 Å². The summed E-state index contributed by atoms with van der Waals surface area (Å²) in [6, 6.07) is 6.53. The molecule has 0 radical (unpaired) electrons. The first-order chi connectivity index (χ1) is 12.4. The topological polar surface area (TPSA) is 47.9 Å². The molecule has 0 saturated heterocycles. The van der Waals surface area contributed by atoms with Gasteiger partial charge in [-0.2, -0.15) is 0 Å². The molecular weight excluding hydrogens is 326 g/mol. The van der Waals surface area contributed by atoms with Gasteiger partial charge in [-0.05, 0) is 80.5 Å². The van der Waals surface area contributed by atoms with Crippen molar-refractivity contribution < 1.29 is 14.4 Å². The zero-order valence-corrected chi connectivity index (χ0v) is 16.2. The van der Waals surface area contributed by atoms with Gasteiger partial charge in [0.05, 0.1) is 7.11 Å². The van der Waals surface area contributed by atoms with Gasteiger partial charge in [-0.15, -0.1) is 0 Å². The molecule has 3 aliphatic carbocycles. The van der Waals surface area contributed by atoms with Crippen molar-refractivity contribution in [1.82, 2.24) is 0 Å². The Balaban J connectivity index is 1.64. The van der Waals surface area contributed by atoms with E-state index in [0.29, 0.717) is 23.5 Å². The molecule has 0 amide bonds. The lowest BCUT2D eigenvalue weighted by Gasteiger charge is -2.47. The van der Waals surface area contributed by atoms with Crippen LogP contribution in [0.15, 0.2) is 23.4 Å². The fourth-order valence-electron chi connectivity index (χ4n) is 5.54. The van der Waals surface area contributed by atoms with E-state index in [2.05, 4.69) is 30.3 Å². The number of rotatable bonds is 3. The van der Waals surface area contributed by atoms with Gasteiger partial charge in [-0.3, -0.25) is 4.79 Å². The summed E-state index contributed by atoms with van der Waals surface area (Å²) in [6.45, 7) is 6.05. The summed E-state index contributed by atoms with van der Waals surface area (Å²) in [5.41, 5.74) is 3.30. The van der Waals surface area contributed by atoms with E-state index in [1.54, 1.807) is 7.11 Å². The highest BCUT2D eigenvalue weighted by molar-refractivity contribution is 6.43. The van der Waals surface area contributed by atoms with Crippen LogP contribution in [-0.4, -0.2) is 24.7 Å². The largest absolute Gasteiger partial charge is 0.497 e. The number of nitrogens with zero attached hydrogens (tertiary/aromatic N) is 1. The molecule has 4 atom stereocenters. The summed E-state index contributed by atoms with van der Waals surface area (Å²) in [5, 5.41) is 4.23. The van der Waals surface area contributed by atoms with E-state index >= 15 is 0 Å². The first-order valence-electron chi connectivity index (χ1n) is 9.88. The third-order valence-corrected chi connectivity index (χ3v) is 6.89. The van der Waals surface area contributed by atoms with Gasteiger partial charge in [0, 0.05) is 11.8 Å². The summed E-state index contributed by atoms with van der Waals surface area (Å²) in [6.07, 6.45) is 5.04. The first kappa shape index (κ1) is 17.6. The summed E-state index contributed by atoms with van der Waals surface area (Å²) < 4.78 is 5.40. The quantitative estimate of drug-likeness (QED) is 0.750. The number of methoxy groups -OCH3 is 1. The Labute approximate surface area is 155 Å². The highest BCUT2D eigenvalue weighted by atomic mass is 16.6. The number of Topliss-reactive ketones (excluding diaryl/α,β-unsaturated/α-hetero) is 1. The Bertz CT molecular complexity index is 754. The van der Waals surface area contributed by atoms with Crippen molar-refractivity contribution >= 4 is 11.5 Å². The minimum atomic E-state index is -0.260. The van der Waals surface area contributed by atoms with E-state index in [-0.39, 0.29) is 17.3 Å². The monoisotopic (exact) mass is 355 g/mol. The number of carbonyl (C=O) groups is 1. The van der Waals surface area contributed by atoms with E-state index in [4.69, 9.17) is 9.57 Å². The molecule has 2 saturated carbocycles. The van der Waals surface area contributed by atoms with Gasteiger partial charge in [0.15, 0.2) is 5.78 Å². The highest BCUT2D eigenvalue weighted by Crippen LogP contribution is 2.59. The normalized spacial score (nSPS) is 34.4. The molecule has 26 heavy (non-hydrogen) atoms. The van der Waals surface area contributed by atoms with Gasteiger partial charge < -0.3 is 9.57 Å². The van der Waals surface area contributed by atoms with Gasteiger partial charge in [-0.1, -0.05) is 18.1 Å². The molecule has 0 spiro atoms. The summed E-state index contributed by atoms with van der Waals surface area (Å²) in [5.74, 6) is 2.67. The van der Waals surface area contributed by atoms with Gasteiger partial charge in [-0.25, -0.2) is 0 Å². The van der Waals surface area contributed by atoms with Crippen LogP contribution in [0.5, 0.6) is 5.75 Å². The SMILES string of the molecule is COc1ccc2c(c1)CC[C@@H]1[C@@H]2CC[C@]2(C)C(=O)/C(=N/OC(C)C)C[C@@H]12. The van der Waals surface area contributed by atoms with Gasteiger partial charge in [0.25, 0.3) is 0 Å². The van der Waals surface area contributed by atoms with Crippen molar-refractivity contribution in [2.75, 3.05) is 7.11 Å². The lowest BCUT2D eigenvalue weighted by atomic mass is 9.55. The minimum absolute atomic E-state index is 0.00928. The van der Waals surface area contributed by atoms with Crippen LogP contribution in [0.1, 0.15) is 63.5 Å². The molecule has 1 aromatic rings. The fourth-order valence-corrected chi connectivity index (χ4v) is 5.54. The smallest absolute Gasteiger partial charge is 0.186 e. The maximum atomic E-state index is 13.1. The molecule has 4 heteroatoms. The number of carbonyl (C=O) groups excluding carboxylic acids is 1. The van der Waals surface area contributed by atoms with Crippen LogP contribution >= 0.6 is 0 Å². The van der Waals surface area contributed by atoms with Crippen molar-refractivity contribution in [2.24, 2.45) is 22.4 Å². The predicted octanol–water partition coefficient (Wildman–Crippen LogP) is 4.51. The van der Waals surface area contributed by atoms with Crippen LogP contribution in [0.4, 0.5) is 0 Å². The van der Waals surface area contributed by atoms with Crippen molar-refractivity contribution in [3.63, 3.8) is 0 Å². The van der Waals surface area contributed by atoms with E-state index < -0.39 is 0 Å². The number of hydrogen-bond acceptors (Lipinski definition) is 4. The molecule has 2 fully saturated rings. The molecular formula is C22H29NO3. The Morgan fingerprint density at radius 2 is 2.08 bits per heavy atom. The maximum absolute atomic E-state index is 13.1. The zero-order valence-electron chi connectivity index (χ0n) is 16.2. The number of ether oxygens (including phenoxy) is 1. The van der Waals surface area contributed by atoms with Crippen LogP contribution < -0.4 is 4.74 Å². The second-order valence-electron chi connectivity index (χ2n) is 8.66. The molecule has 0 unspecified atom stereocenters. The van der Waals surface area contributed by atoms with E-state index in [9.17, 15) is 4.79 Å². The summed E-state index contributed by atoms with van der Waals surface area (Å²) in [7, 11) is 1.73. The minimum Gasteiger partial charge on any atom is -0.497 e.